The Balaban J connectivity index is 1.60. The summed E-state index contributed by atoms with van der Waals surface area (Å²) in [5.41, 5.74) is 0.702. The molecule has 0 aliphatic carbocycles. The van der Waals surface area contributed by atoms with Gasteiger partial charge >= 0.3 is 0 Å². The Morgan fingerprint density at radius 2 is 2.05 bits per heavy atom. The van der Waals surface area contributed by atoms with Crippen molar-refractivity contribution in [2.75, 3.05) is 25.2 Å². The predicted octanol–water partition coefficient (Wildman–Crippen LogP) is 1.20. The number of anilines is 1. The number of likely N-dealkylation sites (tertiary alicyclic amines) is 1. The van der Waals surface area contributed by atoms with Crippen molar-refractivity contribution in [1.29, 1.82) is 0 Å². The molecule has 21 heavy (non-hydrogen) atoms. The molecule has 2 N–H and O–H groups in total. The SMILES string of the molecule is CC(C(=O)Nc1ccc2c(c1)OCO2)N1CCC(O)CC1. The zero-order valence-electron chi connectivity index (χ0n) is 12.0. The summed E-state index contributed by atoms with van der Waals surface area (Å²) in [5.74, 6) is 1.30. The number of carbonyl (C=O) groups is 1. The molecule has 0 radical (unpaired) electrons. The summed E-state index contributed by atoms with van der Waals surface area (Å²) in [4.78, 5) is 14.4. The Kier molecular flexibility index (Phi) is 3.98. The van der Waals surface area contributed by atoms with Crippen molar-refractivity contribution in [2.45, 2.75) is 31.9 Å². The molecule has 3 rings (SSSR count). The first kappa shape index (κ1) is 14.2. The zero-order valence-corrected chi connectivity index (χ0v) is 12.0. The van der Waals surface area contributed by atoms with E-state index in [2.05, 4.69) is 10.2 Å². The van der Waals surface area contributed by atoms with Crippen LogP contribution < -0.4 is 14.8 Å². The molecule has 1 saturated heterocycles. The molecule has 114 valence electrons. The van der Waals surface area contributed by atoms with Gasteiger partial charge in [0.25, 0.3) is 0 Å². The van der Waals surface area contributed by atoms with Crippen molar-refractivity contribution in [1.82, 2.24) is 4.90 Å². The molecule has 0 bridgehead atoms. The van der Waals surface area contributed by atoms with Crippen molar-refractivity contribution in [3.05, 3.63) is 18.2 Å². The highest BCUT2D eigenvalue weighted by Crippen LogP contribution is 2.34. The Morgan fingerprint density at radius 3 is 2.81 bits per heavy atom. The number of benzene rings is 1. The number of rotatable bonds is 3. The second-order valence-corrected chi connectivity index (χ2v) is 5.50. The van der Waals surface area contributed by atoms with E-state index in [1.165, 1.54) is 0 Å². The fourth-order valence-corrected chi connectivity index (χ4v) is 2.66. The van der Waals surface area contributed by atoms with Gasteiger partial charge in [-0.3, -0.25) is 9.69 Å². The first-order valence-corrected chi connectivity index (χ1v) is 7.26. The predicted molar refractivity (Wildman–Crippen MR) is 77.5 cm³/mol. The van der Waals surface area contributed by atoms with Crippen LogP contribution in [0.2, 0.25) is 0 Å². The van der Waals surface area contributed by atoms with Gasteiger partial charge in [-0.1, -0.05) is 0 Å². The maximum atomic E-state index is 12.3. The van der Waals surface area contributed by atoms with Gasteiger partial charge in [0.2, 0.25) is 12.7 Å². The lowest BCUT2D eigenvalue weighted by Crippen LogP contribution is -2.47. The maximum Gasteiger partial charge on any atom is 0.241 e. The molecule has 1 fully saturated rings. The van der Waals surface area contributed by atoms with Crippen LogP contribution in [0.5, 0.6) is 11.5 Å². The molecular formula is C15H20N2O4. The Morgan fingerprint density at radius 1 is 1.33 bits per heavy atom. The normalized spacial score (nSPS) is 20.3. The molecule has 6 heteroatoms. The lowest BCUT2D eigenvalue weighted by Gasteiger charge is -2.33. The molecule has 1 atom stereocenters. The van der Waals surface area contributed by atoms with Crippen LogP contribution in [0.4, 0.5) is 5.69 Å². The van der Waals surface area contributed by atoms with Gasteiger partial charge < -0.3 is 19.9 Å². The van der Waals surface area contributed by atoms with E-state index >= 15 is 0 Å². The minimum absolute atomic E-state index is 0.0507. The lowest BCUT2D eigenvalue weighted by atomic mass is 10.1. The highest BCUT2D eigenvalue weighted by atomic mass is 16.7. The number of nitrogens with zero attached hydrogens (tertiary/aromatic N) is 1. The zero-order chi connectivity index (χ0) is 14.8. The lowest BCUT2D eigenvalue weighted by molar-refractivity contribution is -0.121. The van der Waals surface area contributed by atoms with Crippen LogP contribution in [-0.4, -0.2) is 47.9 Å². The summed E-state index contributed by atoms with van der Waals surface area (Å²) >= 11 is 0. The second kappa shape index (κ2) is 5.91. The third kappa shape index (κ3) is 3.11. The van der Waals surface area contributed by atoms with E-state index in [0.29, 0.717) is 17.2 Å². The molecule has 2 heterocycles. The standard InChI is InChI=1S/C15H20N2O4/c1-10(17-6-4-12(18)5-7-17)15(19)16-11-2-3-13-14(8-11)21-9-20-13/h2-3,8,10,12,18H,4-7,9H2,1H3,(H,16,19). The van der Waals surface area contributed by atoms with Crippen molar-refractivity contribution >= 4 is 11.6 Å². The maximum absolute atomic E-state index is 12.3. The molecule has 0 spiro atoms. The number of carbonyl (C=O) groups excluding carboxylic acids is 1. The van der Waals surface area contributed by atoms with Gasteiger partial charge in [0.05, 0.1) is 12.1 Å². The fourth-order valence-electron chi connectivity index (χ4n) is 2.66. The van der Waals surface area contributed by atoms with Gasteiger partial charge in [-0.2, -0.15) is 0 Å². The smallest absolute Gasteiger partial charge is 0.241 e. The molecule has 2 aliphatic heterocycles. The van der Waals surface area contributed by atoms with Crippen LogP contribution in [0.15, 0.2) is 18.2 Å². The number of hydrogen-bond donors (Lipinski definition) is 2. The highest BCUT2D eigenvalue weighted by Gasteiger charge is 2.26. The number of amides is 1. The Bertz CT molecular complexity index is 526. The van der Waals surface area contributed by atoms with E-state index in [1.54, 1.807) is 18.2 Å². The third-order valence-corrected chi connectivity index (χ3v) is 4.07. The van der Waals surface area contributed by atoms with Crippen LogP contribution in [0, 0.1) is 0 Å². The molecule has 1 unspecified atom stereocenters. The molecule has 0 aromatic heterocycles. The van der Waals surface area contributed by atoms with E-state index in [1.807, 2.05) is 6.92 Å². The number of fused-ring (bicyclic) bond motifs is 1. The van der Waals surface area contributed by atoms with E-state index < -0.39 is 0 Å². The van der Waals surface area contributed by atoms with Crippen LogP contribution >= 0.6 is 0 Å². The molecular weight excluding hydrogens is 272 g/mol. The molecule has 1 amide bonds. The van der Waals surface area contributed by atoms with Gasteiger partial charge in [0.15, 0.2) is 11.5 Å². The first-order valence-electron chi connectivity index (χ1n) is 7.26. The monoisotopic (exact) mass is 292 g/mol. The number of nitrogens with one attached hydrogen (secondary N) is 1. The second-order valence-electron chi connectivity index (χ2n) is 5.50. The minimum atomic E-state index is -0.231. The van der Waals surface area contributed by atoms with E-state index in [0.717, 1.165) is 25.9 Å². The van der Waals surface area contributed by atoms with Gasteiger partial charge in [-0.25, -0.2) is 0 Å². The molecule has 0 saturated carbocycles. The fraction of sp³-hybridized carbons (Fsp3) is 0.533. The summed E-state index contributed by atoms with van der Waals surface area (Å²) in [6.07, 6.45) is 1.22. The molecule has 1 aromatic carbocycles. The van der Waals surface area contributed by atoms with E-state index in [-0.39, 0.29) is 24.8 Å². The summed E-state index contributed by atoms with van der Waals surface area (Å²) < 4.78 is 10.5. The number of ether oxygens (including phenoxy) is 2. The minimum Gasteiger partial charge on any atom is -0.454 e. The number of aliphatic hydroxyl groups excluding tert-OH is 1. The first-order chi connectivity index (χ1) is 10.1. The van der Waals surface area contributed by atoms with Crippen molar-refractivity contribution in [2.24, 2.45) is 0 Å². The Labute approximate surface area is 123 Å². The highest BCUT2D eigenvalue weighted by molar-refractivity contribution is 5.94. The summed E-state index contributed by atoms with van der Waals surface area (Å²) in [6.45, 7) is 3.60. The van der Waals surface area contributed by atoms with Gasteiger partial charge in [0.1, 0.15) is 0 Å². The van der Waals surface area contributed by atoms with E-state index in [9.17, 15) is 9.90 Å². The van der Waals surface area contributed by atoms with Gasteiger partial charge in [0, 0.05) is 24.8 Å². The van der Waals surface area contributed by atoms with Crippen LogP contribution in [0.3, 0.4) is 0 Å². The van der Waals surface area contributed by atoms with Crippen molar-refractivity contribution in [3.63, 3.8) is 0 Å². The molecule has 1 aromatic rings. The number of aliphatic hydroxyl groups is 1. The van der Waals surface area contributed by atoms with Crippen LogP contribution in [0.1, 0.15) is 19.8 Å². The number of hydrogen-bond acceptors (Lipinski definition) is 5. The van der Waals surface area contributed by atoms with Crippen LogP contribution in [0.25, 0.3) is 0 Å². The molecule has 2 aliphatic rings. The number of piperidine rings is 1. The summed E-state index contributed by atoms with van der Waals surface area (Å²) in [7, 11) is 0. The summed E-state index contributed by atoms with van der Waals surface area (Å²) in [5, 5.41) is 12.4. The average Bonchev–Trinajstić information content (AvgIpc) is 2.95. The van der Waals surface area contributed by atoms with E-state index in [4.69, 9.17) is 9.47 Å². The third-order valence-electron chi connectivity index (χ3n) is 4.07. The van der Waals surface area contributed by atoms with Gasteiger partial charge in [-0.15, -0.1) is 0 Å². The quantitative estimate of drug-likeness (QED) is 0.876. The topological polar surface area (TPSA) is 71.0 Å². The average molecular weight is 292 g/mol. The molecule has 6 nitrogen and oxygen atoms in total. The van der Waals surface area contributed by atoms with Crippen molar-refractivity contribution in [3.8, 4) is 11.5 Å². The van der Waals surface area contributed by atoms with Gasteiger partial charge in [-0.05, 0) is 31.9 Å². The largest absolute Gasteiger partial charge is 0.454 e. The van der Waals surface area contributed by atoms with Crippen molar-refractivity contribution < 1.29 is 19.4 Å². The summed E-state index contributed by atoms with van der Waals surface area (Å²) in [6, 6.07) is 5.15. The Hall–Kier alpha value is -1.79. The van der Waals surface area contributed by atoms with Crippen LogP contribution in [-0.2, 0) is 4.79 Å².